The molecule has 0 radical (unpaired) electrons. The molecule has 8 fully saturated rings. The van der Waals surface area contributed by atoms with Crippen LogP contribution in [0.25, 0.3) is 0 Å². The summed E-state index contributed by atoms with van der Waals surface area (Å²) >= 11 is 0. The van der Waals surface area contributed by atoms with Crippen LogP contribution in [0.2, 0.25) is 0 Å². The van der Waals surface area contributed by atoms with Gasteiger partial charge in [-0.2, -0.15) is 0 Å². The second kappa shape index (κ2) is 46.4. The van der Waals surface area contributed by atoms with Crippen molar-refractivity contribution in [1.29, 1.82) is 0 Å². The molecule has 0 unspecified atom stereocenters. The molecule has 8 saturated heterocycles. The molecule has 9 heteroatoms. The fraction of sp³-hybridized carbons (Fsp3) is 1.00. The van der Waals surface area contributed by atoms with Crippen LogP contribution in [-0.4, -0.2) is 221 Å². The van der Waals surface area contributed by atoms with E-state index in [2.05, 4.69) is 245 Å². The fourth-order valence-corrected chi connectivity index (χ4v) is 15.2. The Hall–Kier alpha value is -0.360. The SMILES string of the molecule is CC(C)(C)CCCN1CCC1.CC(C)(C)CCCN1CCCCC1.CC(C)(C)CCN1CCCC1.CCN1CCC[C@@H]1CC(C)(C)C.CCN1CCC[C@H]1CC(C)(C)C.CN1CCC(CC(C)(C)C)CC1.CN1CCN(CCC(C)(C)C)CC1.CN1CC[C@@H](CC(C)(C)C)C1. The van der Waals surface area contributed by atoms with E-state index in [1.807, 2.05) is 0 Å². The van der Waals surface area contributed by atoms with Crippen LogP contribution < -0.4 is 0 Å². The normalized spacial score (nSPS) is 23.4. The molecule has 0 saturated carbocycles. The van der Waals surface area contributed by atoms with Crippen molar-refractivity contribution in [3.8, 4) is 0 Å². The number of piperidine rings is 2. The van der Waals surface area contributed by atoms with Crippen LogP contribution in [0.3, 0.4) is 0 Å². The molecule has 0 bridgehead atoms. The van der Waals surface area contributed by atoms with Gasteiger partial charge in [0, 0.05) is 44.8 Å². The second-order valence-electron chi connectivity index (χ2n) is 41.8. The molecule has 0 aromatic carbocycles. The number of nitrogens with zero attached hydrogens (tertiary/aromatic N) is 9. The summed E-state index contributed by atoms with van der Waals surface area (Å²) in [5, 5.41) is 0. The van der Waals surface area contributed by atoms with Crippen molar-refractivity contribution >= 4 is 0 Å². The van der Waals surface area contributed by atoms with Gasteiger partial charge in [0.2, 0.25) is 0 Å². The highest BCUT2D eigenvalue weighted by Crippen LogP contribution is 2.34. The van der Waals surface area contributed by atoms with Crippen molar-refractivity contribution in [1.82, 2.24) is 44.1 Å². The molecular weight excluding hydrogens is 1160 g/mol. The lowest BCUT2D eigenvalue weighted by atomic mass is 9.80. The predicted molar refractivity (Wildman–Crippen MR) is 429 cm³/mol. The standard InChI is InChI=1S/C12H25N.C11H24N2.3C11H23N.3C10H21N/c1-12(2,3)8-7-11-13-9-5-4-6-10-13;1-11(2,3)5-6-13-9-7-12(4)8-10-13;1-11(2,3)9-10-5-7-12(4)8-6-10;2*1-5-12-8-6-7-10(12)9-11(2,3)4;1-10(2,3)7-9-5-6-11(4)8-9;1-10(2,3)6-4-7-11-8-5-9-11;1-10(2,3)6-9-11-7-4-5-8-11/h4-11H2,1-3H3;5-10H2,1-4H3;3*10H,5-9H2,1-4H3;9H,5-8H2,1-4H3;2*4-9H2,1-3H3/t;;;2*10-;9-;;/m...100../s1. The van der Waals surface area contributed by atoms with Gasteiger partial charge >= 0.3 is 0 Å². The Morgan fingerprint density at radius 1 is 0.253 bits per heavy atom. The maximum absolute atomic E-state index is 2.63. The Labute approximate surface area is 601 Å². The van der Waals surface area contributed by atoms with Crippen LogP contribution in [0, 0.1) is 55.2 Å². The number of likely N-dealkylation sites (tertiary alicyclic amines) is 7. The summed E-state index contributed by atoms with van der Waals surface area (Å²) in [5.74, 6) is 1.95. The Balaban J connectivity index is 0.000000543. The van der Waals surface area contributed by atoms with E-state index >= 15 is 0 Å². The first-order chi connectivity index (χ1) is 43.7. The molecule has 8 aliphatic heterocycles. The average molecular weight is 1340 g/mol. The Kier molecular flexibility index (Phi) is 45.2. The second-order valence-corrected chi connectivity index (χ2v) is 41.8. The van der Waals surface area contributed by atoms with Crippen molar-refractivity contribution in [3.63, 3.8) is 0 Å². The molecule has 0 aromatic rings. The van der Waals surface area contributed by atoms with Crippen LogP contribution in [0.4, 0.5) is 0 Å². The van der Waals surface area contributed by atoms with Crippen molar-refractivity contribution in [2.45, 2.75) is 340 Å². The highest BCUT2D eigenvalue weighted by molar-refractivity contribution is 4.85. The number of piperazine rings is 1. The first-order valence-corrected chi connectivity index (χ1v) is 41.1. The van der Waals surface area contributed by atoms with Gasteiger partial charge in [-0.3, -0.25) is 0 Å². The van der Waals surface area contributed by atoms with E-state index in [1.165, 1.54) is 292 Å². The van der Waals surface area contributed by atoms with Gasteiger partial charge in [0.05, 0.1) is 0 Å². The monoisotopic (exact) mass is 1340 g/mol. The van der Waals surface area contributed by atoms with Crippen molar-refractivity contribution in [3.05, 3.63) is 0 Å². The third-order valence-corrected chi connectivity index (χ3v) is 21.0. The summed E-state index contributed by atoms with van der Waals surface area (Å²) in [5.41, 5.74) is 4.12. The molecule has 8 heterocycles. The summed E-state index contributed by atoms with van der Waals surface area (Å²) in [7, 11) is 6.66. The number of rotatable bonds is 16. The van der Waals surface area contributed by atoms with E-state index in [9.17, 15) is 0 Å². The van der Waals surface area contributed by atoms with Gasteiger partial charge in [-0.1, -0.05) is 186 Å². The molecule has 0 aromatic heterocycles. The van der Waals surface area contributed by atoms with E-state index in [0.717, 1.165) is 23.9 Å². The average Bonchev–Trinajstić information content (AvgIpc) is 1.83. The third-order valence-electron chi connectivity index (χ3n) is 21.0. The molecule has 570 valence electrons. The topological polar surface area (TPSA) is 29.2 Å². The van der Waals surface area contributed by atoms with E-state index in [1.54, 1.807) is 0 Å². The van der Waals surface area contributed by atoms with E-state index in [0.29, 0.717) is 43.3 Å². The zero-order valence-electron chi connectivity index (χ0n) is 71.2. The molecule has 8 aliphatic rings. The molecule has 95 heavy (non-hydrogen) atoms. The lowest BCUT2D eigenvalue weighted by Gasteiger charge is -2.33. The highest BCUT2D eigenvalue weighted by Gasteiger charge is 2.30. The minimum Gasteiger partial charge on any atom is -0.306 e. The Morgan fingerprint density at radius 3 is 0.874 bits per heavy atom. The van der Waals surface area contributed by atoms with E-state index in [-0.39, 0.29) is 0 Å². The molecule has 0 N–H and O–H groups in total. The maximum atomic E-state index is 2.63. The molecule has 3 atom stereocenters. The zero-order valence-corrected chi connectivity index (χ0v) is 71.2. The van der Waals surface area contributed by atoms with Gasteiger partial charge in [-0.15, -0.1) is 0 Å². The van der Waals surface area contributed by atoms with Crippen LogP contribution in [0.1, 0.15) is 328 Å². The first kappa shape index (κ1) is 92.7. The summed E-state index contributed by atoms with van der Waals surface area (Å²) in [6.07, 6.45) is 32.1. The third kappa shape index (κ3) is 54.9. The minimum atomic E-state index is 0.489. The van der Waals surface area contributed by atoms with Crippen LogP contribution >= 0.6 is 0 Å². The first-order valence-electron chi connectivity index (χ1n) is 41.1. The summed E-state index contributed by atoms with van der Waals surface area (Å²) in [6.45, 7) is 89.3. The van der Waals surface area contributed by atoms with Crippen molar-refractivity contribution in [2.75, 3.05) is 165 Å². The predicted octanol–water partition coefficient (Wildman–Crippen LogP) is 21.0. The lowest BCUT2D eigenvalue weighted by Crippen LogP contribution is -2.45. The fourth-order valence-electron chi connectivity index (χ4n) is 15.2. The van der Waals surface area contributed by atoms with Crippen LogP contribution in [-0.2, 0) is 0 Å². The summed E-state index contributed by atoms with van der Waals surface area (Å²) < 4.78 is 0. The minimum absolute atomic E-state index is 0.489. The highest BCUT2D eigenvalue weighted by atomic mass is 15.2. The number of hydrogen-bond acceptors (Lipinski definition) is 9. The lowest BCUT2D eigenvalue weighted by molar-refractivity contribution is 0.139. The van der Waals surface area contributed by atoms with E-state index < -0.39 is 0 Å². The quantitative estimate of drug-likeness (QED) is 0.150. The number of likely N-dealkylation sites (N-methyl/N-ethyl adjacent to an activating group) is 1. The molecule has 8 rings (SSSR count). The van der Waals surface area contributed by atoms with Gasteiger partial charge < -0.3 is 44.1 Å². The van der Waals surface area contributed by atoms with Gasteiger partial charge in [-0.05, 0) is 329 Å². The number of hydrogen-bond donors (Lipinski definition) is 0. The molecule has 0 aliphatic carbocycles. The van der Waals surface area contributed by atoms with Crippen molar-refractivity contribution in [2.24, 2.45) is 55.2 Å². The molecule has 0 amide bonds. The van der Waals surface area contributed by atoms with Crippen LogP contribution in [0.15, 0.2) is 0 Å². The molecular formula is C86H181N9. The van der Waals surface area contributed by atoms with E-state index in [4.69, 9.17) is 0 Å². The smallest absolute Gasteiger partial charge is 0.0110 e. The summed E-state index contributed by atoms with van der Waals surface area (Å²) in [4.78, 5) is 22.9. The largest absolute Gasteiger partial charge is 0.306 e. The van der Waals surface area contributed by atoms with Gasteiger partial charge in [0.25, 0.3) is 0 Å². The Morgan fingerprint density at radius 2 is 0.558 bits per heavy atom. The zero-order chi connectivity index (χ0) is 72.3. The maximum Gasteiger partial charge on any atom is 0.0110 e. The van der Waals surface area contributed by atoms with Gasteiger partial charge in [0.1, 0.15) is 0 Å². The van der Waals surface area contributed by atoms with Gasteiger partial charge in [0.15, 0.2) is 0 Å². The summed E-state index contributed by atoms with van der Waals surface area (Å²) in [6, 6.07) is 1.74. The molecule has 9 nitrogen and oxygen atoms in total. The van der Waals surface area contributed by atoms with Crippen LogP contribution in [0.5, 0.6) is 0 Å². The van der Waals surface area contributed by atoms with Gasteiger partial charge in [-0.25, -0.2) is 0 Å². The Bertz CT molecular complexity index is 1760. The van der Waals surface area contributed by atoms with Crippen molar-refractivity contribution < 1.29 is 0 Å². The molecule has 0 spiro atoms.